The van der Waals surface area contributed by atoms with Crippen LogP contribution in [0.4, 0.5) is 0 Å². The SMILES string of the molecule is CCCCC/C=C/C/C=C/C/C=C/C/C=C/CCCCCCCC(=O)OC(COCCC(C(=O)O)[N+](C)(C)C)COC(=O)CCC/C=C/C/C=C/C/C=C/C/C=C/CCCCC. The minimum absolute atomic E-state index is 0.0300. The van der Waals surface area contributed by atoms with E-state index in [-0.39, 0.29) is 42.7 Å². The van der Waals surface area contributed by atoms with Crippen molar-refractivity contribution in [1.82, 2.24) is 0 Å². The number of esters is 2. The lowest BCUT2D eigenvalue weighted by Crippen LogP contribution is -2.50. The summed E-state index contributed by atoms with van der Waals surface area (Å²) in [5, 5.41) is 9.64. The van der Waals surface area contributed by atoms with Gasteiger partial charge in [-0.05, 0) is 96.3 Å². The molecule has 62 heavy (non-hydrogen) atoms. The minimum atomic E-state index is -0.889. The normalized spacial score (nSPS) is 13.8. The van der Waals surface area contributed by atoms with Crippen LogP contribution in [0.1, 0.15) is 174 Å². The summed E-state index contributed by atoms with van der Waals surface area (Å²) in [6, 6.07) is -0.633. The molecule has 0 amide bonds. The van der Waals surface area contributed by atoms with Crippen LogP contribution >= 0.6 is 0 Å². The highest BCUT2D eigenvalue weighted by Gasteiger charge is 2.31. The summed E-state index contributed by atoms with van der Waals surface area (Å²) in [4.78, 5) is 37.1. The highest BCUT2D eigenvalue weighted by atomic mass is 16.6. The lowest BCUT2D eigenvalue weighted by Gasteiger charge is -2.31. The van der Waals surface area contributed by atoms with Crippen LogP contribution in [0.2, 0.25) is 0 Å². The number of likely N-dealkylation sites (N-methyl/N-ethyl adjacent to an activating group) is 1. The Labute approximate surface area is 379 Å². The van der Waals surface area contributed by atoms with Crippen molar-refractivity contribution in [2.45, 2.75) is 187 Å². The van der Waals surface area contributed by atoms with Crippen LogP contribution in [-0.4, -0.2) is 80.6 Å². The second-order valence-corrected chi connectivity index (χ2v) is 17.0. The first-order chi connectivity index (χ1) is 30.1. The smallest absolute Gasteiger partial charge is 0.362 e. The minimum Gasteiger partial charge on any atom is -0.477 e. The van der Waals surface area contributed by atoms with Crippen molar-refractivity contribution in [3.63, 3.8) is 0 Å². The van der Waals surface area contributed by atoms with Gasteiger partial charge < -0.3 is 23.8 Å². The Morgan fingerprint density at radius 2 is 0.871 bits per heavy atom. The lowest BCUT2D eigenvalue weighted by molar-refractivity contribution is -0.887. The number of carbonyl (C=O) groups is 3. The molecule has 8 heteroatoms. The van der Waals surface area contributed by atoms with E-state index >= 15 is 0 Å². The molecule has 0 aliphatic rings. The van der Waals surface area contributed by atoms with Crippen molar-refractivity contribution in [3.8, 4) is 0 Å². The summed E-state index contributed by atoms with van der Waals surface area (Å²) in [6.07, 6.45) is 58.8. The van der Waals surface area contributed by atoms with Crippen LogP contribution < -0.4 is 0 Å². The third-order valence-electron chi connectivity index (χ3n) is 10.2. The van der Waals surface area contributed by atoms with Gasteiger partial charge in [-0.25, -0.2) is 4.79 Å². The average molecular weight is 865 g/mol. The number of hydrogen-bond acceptors (Lipinski definition) is 6. The fourth-order valence-electron chi connectivity index (χ4n) is 6.42. The highest BCUT2D eigenvalue weighted by Crippen LogP contribution is 2.12. The molecule has 2 atom stereocenters. The number of aliphatic carboxylic acids is 1. The van der Waals surface area contributed by atoms with Gasteiger partial charge in [-0.15, -0.1) is 0 Å². The molecule has 0 aromatic heterocycles. The van der Waals surface area contributed by atoms with Gasteiger partial charge in [-0.1, -0.05) is 156 Å². The first-order valence-electron chi connectivity index (χ1n) is 24.3. The monoisotopic (exact) mass is 865 g/mol. The predicted molar refractivity (Wildman–Crippen MR) is 261 cm³/mol. The number of carbonyl (C=O) groups excluding carboxylic acids is 2. The van der Waals surface area contributed by atoms with Gasteiger partial charge in [0.1, 0.15) is 6.61 Å². The van der Waals surface area contributed by atoms with Crippen molar-refractivity contribution in [2.24, 2.45) is 0 Å². The third kappa shape index (κ3) is 41.6. The summed E-state index contributed by atoms with van der Waals surface area (Å²) in [5.74, 6) is -1.57. The Bertz CT molecular complexity index is 1330. The number of ether oxygens (including phenoxy) is 3. The van der Waals surface area contributed by atoms with Gasteiger partial charge in [-0.3, -0.25) is 9.59 Å². The Kier molecular flexibility index (Phi) is 41.2. The van der Waals surface area contributed by atoms with E-state index in [0.717, 1.165) is 83.5 Å². The van der Waals surface area contributed by atoms with E-state index in [0.29, 0.717) is 19.3 Å². The van der Waals surface area contributed by atoms with Crippen LogP contribution in [0.5, 0.6) is 0 Å². The molecule has 0 fully saturated rings. The van der Waals surface area contributed by atoms with Crippen LogP contribution in [0.15, 0.2) is 97.2 Å². The van der Waals surface area contributed by atoms with Crippen molar-refractivity contribution in [2.75, 3.05) is 41.0 Å². The van der Waals surface area contributed by atoms with E-state index in [1.165, 1.54) is 51.4 Å². The Morgan fingerprint density at radius 1 is 0.484 bits per heavy atom. The van der Waals surface area contributed by atoms with Crippen LogP contribution in [0.3, 0.4) is 0 Å². The molecule has 0 rings (SSSR count). The molecular formula is C54H90NO7+. The number of carboxylic acid groups (broad SMARTS) is 1. The van der Waals surface area contributed by atoms with Crippen molar-refractivity contribution in [1.29, 1.82) is 0 Å². The second kappa shape index (κ2) is 43.9. The Balaban J connectivity index is 4.44. The maximum absolute atomic E-state index is 12.8. The number of carboxylic acids is 1. The molecule has 0 bridgehead atoms. The van der Waals surface area contributed by atoms with Crippen LogP contribution in [0.25, 0.3) is 0 Å². The number of rotatable bonds is 42. The predicted octanol–water partition coefficient (Wildman–Crippen LogP) is 13.9. The molecule has 0 aromatic carbocycles. The molecule has 0 saturated heterocycles. The molecular weight excluding hydrogens is 775 g/mol. The summed E-state index contributed by atoms with van der Waals surface area (Å²) in [7, 11) is 5.50. The maximum Gasteiger partial charge on any atom is 0.362 e. The molecule has 8 nitrogen and oxygen atoms in total. The van der Waals surface area contributed by atoms with E-state index in [9.17, 15) is 19.5 Å². The van der Waals surface area contributed by atoms with Crippen LogP contribution in [-0.2, 0) is 28.6 Å². The zero-order valence-electron chi connectivity index (χ0n) is 40.0. The summed E-state index contributed by atoms with van der Waals surface area (Å²) in [6.45, 7) is 4.59. The largest absolute Gasteiger partial charge is 0.477 e. The van der Waals surface area contributed by atoms with Gasteiger partial charge in [0.25, 0.3) is 0 Å². The standard InChI is InChI=1S/C54H89NO7/c1-6-8-10-12-14-16-18-20-22-24-25-26-27-29-31-33-35-37-39-41-43-45-53(57)62-50(48-60-47-46-51(54(58)59)55(3,4)5)49-61-52(56)44-42-40-38-36-34-32-30-28-23-21-19-17-15-13-11-9-7-2/h14-17,20-23,25-26,29-32,36,38,50-51H,6-13,18-19,24,27-28,33-35,37,39-49H2,1-5H3/p+1/b16-14+,17-15+,22-20+,23-21+,26-25+,31-29+,32-30+,38-36+. The molecule has 0 saturated carbocycles. The molecule has 2 unspecified atom stereocenters. The van der Waals surface area contributed by atoms with Crippen molar-refractivity contribution >= 4 is 17.9 Å². The van der Waals surface area contributed by atoms with Gasteiger partial charge in [0.2, 0.25) is 0 Å². The highest BCUT2D eigenvalue weighted by molar-refractivity contribution is 5.72. The molecule has 0 aromatic rings. The van der Waals surface area contributed by atoms with Crippen molar-refractivity contribution in [3.05, 3.63) is 97.2 Å². The molecule has 1 N–H and O–H groups in total. The lowest BCUT2D eigenvalue weighted by atomic mass is 10.1. The van der Waals surface area contributed by atoms with Gasteiger partial charge in [0, 0.05) is 19.3 Å². The Hall–Kier alpha value is -3.75. The van der Waals surface area contributed by atoms with Gasteiger partial charge in [0.05, 0.1) is 34.4 Å². The first kappa shape index (κ1) is 58.2. The number of quaternary nitrogens is 1. The number of allylic oxidation sites excluding steroid dienone is 16. The van der Waals surface area contributed by atoms with E-state index in [1.54, 1.807) is 0 Å². The Morgan fingerprint density at radius 3 is 1.31 bits per heavy atom. The second-order valence-electron chi connectivity index (χ2n) is 17.0. The average Bonchev–Trinajstić information content (AvgIpc) is 3.23. The van der Waals surface area contributed by atoms with E-state index in [2.05, 4.69) is 111 Å². The molecule has 0 heterocycles. The van der Waals surface area contributed by atoms with Gasteiger partial charge in [0.15, 0.2) is 12.1 Å². The third-order valence-corrected chi connectivity index (χ3v) is 10.2. The van der Waals surface area contributed by atoms with E-state index < -0.39 is 18.1 Å². The number of hydrogen-bond donors (Lipinski definition) is 1. The molecule has 0 radical (unpaired) electrons. The molecule has 0 aliphatic carbocycles. The summed E-state index contributed by atoms with van der Waals surface area (Å²) < 4.78 is 17.2. The topological polar surface area (TPSA) is 99.1 Å². The number of unbranched alkanes of at least 4 members (excludes halogenated alkanes) is 12. The summed E-state index contributed by atoms with van der Waals surface area (Å²) in [5.41, 5.74) is 0. The van der Waals surface area contributed by atoms with Gasteiger partial charge >= 0.3 is 17.9 Å². The van der Waals surface area contributed by atoms with E-state index in [1.807, 2.05) is 21.1 Å². The zero-order chi connectivity index (χ0) is 45.6. The fraction of sp³-hybridized carbons (Fsp3) is 0.648. The molecule has 0 spiro atoms. The fourth-order valence-corrected chi connectivity index (χ4v) is 6.42. The quantitative estimate of drug-likeness (QED) is 0.0282. The van der Waals surface area contributed by atoms with E-state index in [4.69, 9.17) is 14.2 Å². The van der Waals surface area contributed by atoms with Gasteiger partial charge in [-0.2, -0.15) is 0 Å². The molecule has 352 valence electrons. The zero-order valence-corrected chi connectivity index (χ0v) is 40.0. The maximum atomic E-state index is 12.8. The van der Waals surface area contributed by atoms with Crippen molar-refractivity contribution < 1.29 is 38.2 Å². The number of nitrogens with zero attached hydrogens (tertiary/aromatic N) is 1. The summed E-state index contributed by atoms with van der Waals surface area (Å²) >= 11 is 0. The first-order valence-corrected chi connectivity index (χ1v) is 24.3. The molecule has 0 aliphatic heterocycles. The van der Waals surface area contributed by atoms with Crippen LogP contribution in [0, 0.1) is 0 Å².